The SMILES string of the molecule is CS(=O)(=O)c1ccc(C2CC=NN2c2ccc(F)cc2)cc1. The number of halogens is 1. The first-order chi connectivity index (χ1) is 10.4. The van der Waals surface area contributed by atoms with Gasteiger partial charge in [0.15, 0.2) is 9.84 Å². The van der Waals surface area contributed by atoms with E-state index >= 15 is 0 Å². The first-order valence-corrected chi connectivity index (χ1v) is 8.71. The van der Waals surface area contributed by atoms with Crippen LogP contribution in [0.5, 0.6) is 0 Å². The molecule has 1 aliphatic heterocycles. The molecule has 0 spiro atoms. The summed E-state index contributed by atoms with van der Waals surface area (Å²) in [5.74, 6) is -0.291. The summed E-state index contributed by atoms with van der Waals surface area (Å²) in [4.78, 5) is 0.295. The molecule has 0 aliphatic carbocycles. The highest BCUT2D eigenvalue weighted by molar-refractivity contribution is 7.90. The maximum absolute atomic E-state index is 13.0. The van der Waals surface area contributed by atoms with Crippen molar-refractivity contribution < 1.29 is 12.8 Å². The zero-order chi connectivity index (χ0) is 15.7. The molecule has 0 bridgehead atoms. The van der Waals surface area contributed by atoms with Crippen molar-refractivity contribution in [3.05, 3.63) is 59.9 Å². The molecule has 0 saturated carbocycles. The van der Waals surface area contributed by atoms with Crippen LogP contribution in [0.1, 0.15) is 18.0 Å². The number of rotatable bonds is 3. The van der Waals surface area contributed by atoms with Gasteiger partial charge in [-0.05, 0) is 42.0 Å². The number of nitrogens with zero attached hydrogens (tertiary/aromatic N) is 2. The monoisotopic (exact) mass is 318 g/mol. The second-order valence-corrected chi connectivity index (χ2v) is 7.23. The van der Waals surface area contributed by atoms with Crippen LogP contribution in [-0.4, -0.2) is 20.9 Å². The van der Waals surface area contributed by atoms with E-state index < -0.39 is 9.84 Å². The van der Waals surface area contributed by atoms with Crippen LogP contribution in [0.2, 0.25) is 0 Å². The van der Waals surface area contributed by atoms with Crippen molar-refractivity contribution in [2.24, 2.45) is 5.10 Å². The van der Waals surface area contributed by atoms with Crippen molar-refractivity contribution >= 4 is 21.7 Å². The quantitative estimate of drug-likeness (QED) is 0.873. The van der Waals surface area contributed by atoms with Gasteiger partial charge in [-0.1, -0.05) is 12.1 Å². The zero-order valence-electron chi connectivity index (χ0n) is 12.0. The van der Waals surface area contributed by atoms with Crippen LogP contribution in [-0.2, 0) is 9.84 Å². The molecule has 2 aromatic carbocycles. The minimum atomic E-state index is -3.20. The number of hydrogen-bond donors (Lipinski definition) is 0. The maximum Gasteiger partial charge on any atom is 0.175 e. The van der Waals surface area contributed by atoms with Gasteiger partial charge in [-0.2, -0.15) is 5.10 Å². The molecular weight excluding hydrogens is 303 g/mol. The number of benzene rings is 2. The number of hydrogen-bond acceptors (Lipinski definition) is 4. The number of hydrazone groups is 1. The molecule has 1 unspecified atom stereocenters. The molecule has 1 atom stereocenters. The smallest absolute Gasteiger partial charge is 0.175 e. The fourth-order valence-electron chi connectivity index (χ4n) is 2.47. The van der Waals surface area contributed by atoms with Crippen molar-refractivity contribution in [2.75, 3.05) is 11.3 Å². The third kappa shape index (κ3) is 2.87. The van der Waals surface area contributed by atoms with E-state index in [-0.39, 0.29) is 11.9 Å². The molecule has 4 nitrogen and oxygen atoms in total. The highest BCUT2D eigenvalue weighted by atomic mass is 32.2. The molecule has 0 radical (unpaired) electrons. The van der Waals surface area contributed by atoms with Gasteiger partial charge in [0.2, 0.25) is 0 Å². The lowest BCUT2D eigenvalue weighted by Crippen LogP contribution is -2.18. The highest BCUT2D eigenvalue weighted by Crippen LogP contribution is 2.33. The Morgan fingerprint density at radius 2 is 1.73 bits per heavy atom. The van der Waals surface area contributed by atoms with E-state index in [1.54, 1.807) is 42.6 Å². The molecule has 1 aliphatic rings. The average molecular weight is 318 g/mol. The lowest BCUT2D eigenvalue weighted by molar-refractivity contribution is 0.601. The summed E-state index contributed by atoms with van der Waals surface area (Å²) in [5, 5.41) is 6.15. The second kappa shape index (κ2) is 5.53. The van der Waals surface area contributed by atoms with E-state index in [9.17, 15) is 12.8 Å². The van der Waals surface area contributed by atoms with Gasteiger partial charge in [0, 0.05) is 18.9 Å². The standard InChI is InChI=1S/C16H15FN2O2S/c1-22(20,21)15-8-2-12(3-9-15)16-10-11-18-19(16)14-6-4-13(17)5-7-14/h2-9,11,16H,10H2,1H3. The Hall–Kier alpha value is -2.21. The molecule has 2 aromatic rings. The minimum absolute atomic E-state index is 0.0147. The first-order valence-electron chi connectivity index (χ1n) is 6.82. The van der Waals surface area contributed by atoms with Gasteiger partial charge in [-0.3, -0.25) is 5.01 Å². The van der Waals surface area contributed by atoms with Gasteiger partial charge in [0.25, 0.3) is 0 Å². The molecule has 3 rings (SSSR count). The van der Waals surface area contributed by atoms with E-state index in [1.807, 2.05) is 5.01 Å². The Morgan fingerprint density at radius 1 is 1.09 bits per heavy atom. The molecule has 0 saturated heterocycles. The van der Waals surface area contributed by atoms with Gasteiger partial charge in [0.1, 0.15) is 5.82 Å². The number of sulfone groups is 1. The van der Waals surface area contributed by atoms with Gasteiger partial charge in [0.05, 0.1) is 16.6 Å². The van der Waals surface area contributed by atoms with E-state index in [2.05, 4.69) is 5.10 Å². The Labute approximate surface area is 128 Å². The van der Waals surface area contributed by atoms with E-state index in [1.165, 1.54) is 18.4 Å². The van der Waals surface area contributed by atoms with Crippen molar-refractivity contribution in [1.29, 1.82) is 0 Å². The third-order valence-electron chi connectivity index (χ3n) is 3.61. The minimum Gasteiger partial charge on any atom is -0.258 e. The van der Waals surface area contributed by atoms with Crippen molar-refractivity contribution in [1.82, 2.24) is 0 Å². The van der Waals surface area contributed by atoms with Crippen LogP contribution in [0.15, 0.2) is 58.5 Å². The fraction of sp³-hybridized carbons (Fsp3) is 0.188. The molecule has 6 heteroatoms. The maximum atomic E-state index is 13.0. The Morgan fingerprint density at radius 3 is 2.32 bits per heavy atom. The van der Waals surface area contributed by atoms with Crippen LogP contribution < -0.4 is 5.01 Å². The molecular formula is C16H15FN2O2S. The predicted molar refractivity (Wildman–Crippen MR) is 84.3 cm³/mol. The summed E-state index contributed by atoms with van der Waals surface area (Å²) in [5.41, 5.74) is 1.77. The van der Waals surface area contributed by atoms with Crippen LogP contribution in [0.3, 0.4) is 0 Å². The molecule has 0 aromatic heterocycles. The zero-order valence-corrected chi connectivity index (χ0v) is 12.8. The van der Waals surface area contributed by atoms with Gasteiger partial charge >= 0.3 is 0 Å². The molecule has 0 amide bonds. The fourth-order valence-corrected chi connectivity index (χ4v) is 3.10. The summed E-state index contributed by atoms with van der Waals surface area (Å²) in [7, 11) is -3.20. The van der Waals surface area contributed by atoms with Gasteiger partial charge < -0.3 is 0 Å². The van der Waals surface area contributed by atoms with E-state index in [0.717, 1.165) is 17.7 Å². The summed E-state index contributed by atoms with van der Waals surface area (Å²) < 4.78 is 36.1. The van der Waals surface area contributed by atoms with Crippen LogP contribution >= 0.6 is 0 Å². The van der Waals surface area contributed by atoms with Crippen molar-refractivity contribution in [3.8, 4) is 0 Å². The summed E-state index contributed by atoms with van der Waals surface area (Å²) >= 11 is 0. The molecule has 22 heavy (non-hydrogen) atoms. The van der Waals surface area contributed by atoms with Crippen LogP contribution in [0, 0.1) is 5.82 Å². The molecule has 0 fully saturated rings. The molecule has 0 N–H and O–H groups in total. The van der Waals surface area contributed by atoms with Crippen molar-refractivity contribution in [2.45, 2.75) is 17.4 Å². The lowest BCUT2D eigenvalue weighted by Gasteiger charge is -2.24. The predicted octanol–water partition coefficient (Wildman–Crippen LogP) is 3.17. The molecule has 114 valence electrons. The van der Waals surface area contributed by atoms with Gasteiger partial charge in [-0.15, -0.1) is 0 Å². The van der Waals surface area contributed by atoms with Crippen LogP contribution in [0.4, 0.5) is 10.1 Å². The number of anilines is 1. The Balaban J connectivity index is 1.89. The topological polar surface area (TPSA) is 49.7 Å². The van der Waals surface area contributed by atoms with E-state index in [4.69, 9.17) is 0 Å². The van der Waals surface area contributed by atoms with E-state index in [0.29, 0.717) is 4.90 Å². The van der Waals surface area contributed by atoms with Gasteiger partial charge in [-0.25, -0.2) is 12.8 Å². The Bertz CT molecular complexity index is 799. The lowest BCUT2D eigenvalue weighted by atomic mass is 10.0. The average Bonchev–Trinajstić information content (AvgIpc) is 2.97. The van der Waals surface area contributed by atoms with Crippen molar-refractivity contribution in [3.63, 3.8) is 0 Å². The van der Waals surface area contributed by atoms with Crippen LogP contribution in [0.25, 0.3) is 0 Å². The first kappa shape index (κ1) is 14.7. The summed E-state index contributed by atoms with van der Waals surface area (Å²) in [6.45, 7) is 0. The third-order valence-corrected chi connectivity index (χ3v) is 4.74. The molecule has 1 heterocycles. The highest BCUT2D eigenvalue weighted by Gasteiger charge is 2.24. The Kier molecular flexibility index (Phi) is 3.70. The normalized spacial score (nSPS) is 17.9. The largest absolute Gasteiger partial charge is 0.258 e. The summed E-state index contributed by atoms with van der Waals surface area (Å²) in [6, 6.07) is 12.9. The second-order valence-electron chi connectivity index (χ2n) is 5.21. The summed E-state index contributed by atoms with van der Waals surface area (Å²) in [6.07, 6.45) is 3.71.